The average Bonchev–Trinajstić information content (AvgIpc) is 2.83. The van der Waals surface area contributed by atoms with Gasteiger partial charge in [0.2, 0.25) is 5.43 Å². The average molecular weight is 446 g/mol. The molecule has 0 saturated heterocycles. The minimum atomic E-state index is -0.694. The van der Waals surface area contributed by atoms with Crippen LogP contribution in [0.3, 0.4) is 0 Å². The molecule has 1 heterocycles. The molecule has 33 heavy (non-hydrogen) atoms. The van der Waals surface area contributed by atoms with Crippen molar-refractivity contribution in [2.75, 3.05) is 14.2 Å². The highest BCUT2D eigenvalue weighted by atomic mass is 16.5. The minimum Gasteiger partial charge on any atom is -0.508 e. The molecule has 3 aromatic carbocycles. The number of carbonyl (C=O) groups is 1. The molecule has 0 fully saturated rings. The van der Waals surface area contributed by atoms with E-state index in [9.17, 15) is 19.8 Å². The second-order valence-electron chi connectivity index (χ2n) is 7.48. The van der Waals surface area contributed by atoms with E-state index in [1.807, 2.05) is 0 Å². The second-order valence-corrected chi connectivity index (χ2v) is 7.48. The molecule has 0 unspecified atom stereocenters. The van der Waals surface area contributed by atoms with Crippen molar-refractivity contribution in [3.63, 3.8) is 0 Å². The van der Waals surface area contributed by atoms with Crippen molar-refractivity contribution in [1.29, 1.82) is 0 Å². The smallest absolute Gasteiger partial charge is 0.306 e. The third kappa shape index (κ3) is 4.13. The molecule has 0 aliphatic rings. The molecule has 7 nitrogen and oxygen atoms in total. The summed E-state index contributed by atoms with van der Waals surface area (Å²) in [6, 6.07) is 16.2. The maximum absolute atomic E-state index is 13.3. The summed E-state index contributed by atoms with van der Waals surface area (Å²) in [6.45, 7) is 0. The number of fused-ring (bicyclic) bond motifs is 1. The summed E-state index contributed by atoms with van der Waals surface area (Å²) in [7, 11) is 2.80. The van der Waals surface area contributed by atoms with Gasteiger partial charge in [-0.05, 0) is 35.9 Å². The predicted octanol–water partition coefficient (Wildman–Crippen LogP) is 4.57. The highest BCUT2D eigenvalue weighted by Crippen LogP contribution is 2.42. The summed E-state index contributed by atoms with van der Waals surface area (Å²) in [5, 5.41) is 20.6. The molecular formula is C26H22O7. The number of phenols is 2. The first-order valence-corrected chi connectivity index (χ1v) is 10.2. The van der Waals surface area contributed by atoms with E-state index < -0.39 is 11.9 Å². The quantitative estimate of drug-likeness (QED) is 0.418. The van der Waals surface area contributed by atoms with E-state index in [1.54, 1.807) is 36.4 Å². The lowest BCUT2D eigenvalue weighted by Crippen LogP contribution is -2.13. The molecule has 0 amide bonds. The number of hydrogen-bond acceptors (Lipinski definition) is 7. The summed E-state index contributed by atoms with van der Waals surface area (Å²) in [5.74, 6) is -0.711. The van der Waals surface area contributed by atoms with Crippen LogP contribution in [-0.4, -0.2) is 30.4 Å². The first-order chi connectivity index (χ1) is 15.9. The third-order valence-corrected chi connectivity index (χ3v) is 5.60. The van der Waals surface area contributed by atoms with Gasteiger partial charge in [0, 0.05) is 17.0 Å². The van der Waals surface area contributed by atoms with Crippen molar-refractivity contribution in [2.24, 2.45) is 0 Å². The first kappa shape index (κ1) is 22.0. The molecule has 1 atom stereocenters. The van der Waals surface area contributed by atoms with Crippen LogP contribution in [0, 0.1) is 0 Å². The minimum absolute atomic E-state index is 0.0820. The fraction of sp³-hybridized carbons (Fsp3) is 0.154. The maximum Gasteiger partial charge on any atom is 0.306 e. The van der Waals surface area contributed by atoms with Crippen molar-refractivity contribution < 1.29 is 28.9 Å². The van der Waals surface area contributed by atoms with Gasteiger partial charge in [-0.15, -0.1) is 0 Å². The van der Waals surface area contributed by atoms with Crippen molar-refractivity contribution in [2.45, 2.75) is 12.3 Å². The van der Waals surface area contributed by atoms with Gasteiger partial charge in [0.05, 0.1) is 31.6 Å². The van der Waals surface area contributed by atoms with Crippen molar-refractivity contribution in [1.82, 2.24) is 0 Å². The van der Waals surface area contributed by atoms with Gasteiger partial charge in [-0.25, -0.2) is 0 Å². The number of esters is 1. The fourth-order valence-electron chi connectivity index (χ4n) is 3.96. The van der Waals surface area contributed by atoms with E-state index >= 15 is 0 Å². The van der Waals surface area contributed by atoms with Crippen molar-refractivity contribution in [3.05, 3.63) is 88.3 Å². The molecule has 4 aromatic rings. The molecule has 4 rings (SSSR count). The topological polar surface area (TPSA) is 106 Å². The highest BCUT2D eigenvalue weighted by molar-refractivity contribution is 5.87. The van der Waals surface area contributed by atoms with Gasteiger partial charge in [-0.1, -0.05) is 30.3 Å². The Kier molecular flexibility index (Phi) is 6.04. The Morgan fingerprint density at radius 2 is 1.73 bits per heavy atom. The number of methoxy groups -OCH3 is 2. The molecule has 1 aromatic heterocycles. The first-order valence-electron chi connectivity index (χ1n) is 10.2. The SMILES string of the molecule is COC(=O)C[C@@H](c1ccccc1OC)c1c(O)ccc2c(=O)c(-c3ccc(O)cc3)coc12. The van der Waals surface area contributed by atoms with Crippen LogP contribution in [0.25, 0.3) is 22.1 Å². The Morgan fingerprint density at radius 1 is 1.00 bits per heavy atom. The molecule has 2 N–H and O–H groups in total. The van der Waals surface area contributed by atoms with Crippen LogP contribution in [0.5, 0.6) is 17.2 Å². The summed E-state index contributed by atoms with van der Waals surface area (Å²) < 4.78 is 16.3. The molecule has 0 aliphatic heterocycles. The van der Waals surface area contributed by atoms with E-state index in [-0.39, 0.29) is 39.9 Å². The van der Waals surface area contributed by atoms with Crippen molar-refractivity contribution >= 4 is 16.9 Å². The Hall–Kier alpha value is -4.26. The Labute approximate surface area is 189 Å². The van der Waals surface area contributed by atoms with Crippen LogP contribution in [0.15, 0.2) is 76.1 Å². The summed E-state index contributed by atoms with van der Waals surface area (Å²) in [6.07, 6.45) is 1.21. The zero-order chi connectivity index (χ0) is 23.5. The van der Waals surface area contributed by atoms with Crippen LogP contribution < -0.4 is 10.2 Å². The zero-order valence-corrected chi connectivity index (χ0v) is 18.1. The van der Waals surface area contributed by atoms with Crippen LogP contribution in [0.4, 0.5) is 0 Å². The van der Waals surface area contributed by atoms with E-state index in [2.05, 4.69) is 0 Å². The van der Waals surface area contributed by atoms with E-state index in [0.29, 0.717) is 22.4 Å². The molecular weight excluding hydrogens is 424 g/mol. The number of phenolic OH excluding ortho intramolecular Hbond substituents is 2. The molecule has 0 spiro atoms. The van der Waals surface area contributed by atoms with Gasteiger partial charge in [0.15, 0.2) is 0 Å². The van der Waals surface area contributed by atoms with Gasteiger partial charge >= 0.3 is 5.97 Å². The van der Waals surface area contributed by atoms with Gasteiger partial charge in [-0.2, -0.15) is 0 Å². The van der Waals surface area contributed by atoms with Gasteiger partial charge in [-0.3, -0.25) is 9.59 Å². The highest BCUT2D eigenvalue weighted by Gasteiger charge is 2.28. The third-order valence-electron chi connectivity index (χ3n) is 5.60. The molecule has 0 saturated carbocycles. The monoisotopic (exact) mass is 446 g/mol. The van der Waals surface area contributed by atoms with E-state index in [4.69, 9.17) is 13.9 Å². The largest absolute Gasteiger partial charge is 0.508 e. The summed E-state index contributed by atoms with van der Waals surface area (Å²) in [5.41, 5.74) is 1.67. The number of ether oxygens (including phenoxy) is 2. The normalized spacial score (nSPS) is 11.8. The molecule has 0 aliphatic carbocycles. The van der Waals surface area contributed by atoms with Crippen LogP contribution in [0.1, 0.15) is 23.5 Å². The second kappa shape index (κ2) is 9.08. The van der Waals surface area contributed by atoms with Gasteiger partial charge in [0.1, 0.15) is 29.1 Å². The Morgan fingerprint density at radius 3 is 2.42 bits per heavy atom. The summed E-state index contributed by atoms with van der Waals surface area (Å²) in [4.78, 5) is 25.6. The number of aromatic hydroxyl groups is 2. The lowest BCUT2D eigenvalue weighted by molar-refractivity contribution is -0.140. The number of rotatable bonds is 6. The van der Waals surface area contributed by atoms with E-state index in [0.717, 1.165) is 0 Å². The lowest BCUT2D eigenvalue weighted by Gasteiger charge is -2.21. The predicted molar refractivity (Wildman–Crippen MR) is 123 cm³/mol. The molecule has 0 radical (unpaired) electrons. The standard InChI is InChI=1S/C26H22O7/c1-31-22-6-4-3-5-17(22)19(13-23(29)32-2)24-21(28)12-11-18-25(30)20(14-33-26(18)24)15-7-9-16(27)10-8-15/h3-12,14,19,27-28H,13H2,1-2H3/t19-/m0/s1. The molecule has 168 valence electrons. The lowest BCUT2D eigenvalue weighted by atomic mass is 9.86. The van der Waals surface area contributed by atoms with Crippen LogP contribution in [-0.2, 0) is 9.53 Å². The van der Waals surface area contributed by atoms with E-state index in [1.165, 1.54) is 44.7 Å². The van der Waals surface area contributed by atoms with Gasteiger partial charge < -0.3 is 24.1 Å². The van der Waals surface area contributed by atoms with Gasteiger partial charge in [0.25, 0.3) is 0 Å². The van der Waals surface area contributed by atoms with Crippen molar-refractivity contribution in [3.8, 4) is 28.4 Å². The number of carbonyl (C=O) groups excluding carboxylic acids is 1. The number of hydrogen-bond donors (Lipinski definition) is 2. The Balaban J connectivity index is 1.96. The van der Waals surface area contributed by atoms with Crippen LogP contribution >= 0.6 is 0 Å². The zero-order valence-electron chi connectivity index (χ0n) is 18.1. The van der Waals surface area contributed by atoms with Crippen LogP contribution in [0.2, 0.25) is 0 Å². The fourth-order valence-corrected chi connectivity index (χ4v) is 3.96. The summed E-state index contributed by atoms with van der Waals surface area (Å²) >= 11 is 0. The Bertz CT molecular complexity index is 1370. The number of para-hydroxylation sites is 1. The maximum atomic E-state index is 13.3. The molecule has 0 bridgehead atoms. The number of benzene rings is 3. The molecule has 7 heteroatoms.